The maximum Gasteiger partial charge on any atom is 0.272 e. The Balaban J connectivity index is 2.52. The van der Waals surface area contributed by atoms with E-state index in [1.165, 1.54) is 0 Å². The summed E-state index contributed by atoms with van der Waals surface area (Å²) in [4.78, 5) is 14.3. The Hall–Kier alpha value is -2.23. The van der Waals surface area contributed by atoms with Gasteiger partial charge in [0.2, 0.25) is 0 Å². The van der Waals surface area contributed by atoms with Crippen molar-refractivity contribution >= 4 is 16.4 Å². The molecule has 0 atom stereocenters. The van der Waals surface area contributed by atoms with Crippen molar-refractivity contribution < 1.29 is 4.74 Å². The molecule has 3 rings (SSSR count). The summed E-state index contributed by atoms with van der Waals surface area (Å²) in [5.74, 6) is 0.785. The average molecular weight is 214 g/mol. The highest BCUT2D eigenvalue weighted by molar-refractivity contribution is 5.87. The summed E-state index contributed by atoms with van der Waals surface area (Å²) in [6, 6.07) is 7.62. The third-order valence-corrected chi connectivity index (χ3v) is 2.72. The number of methoxy groups -OCH3 is 1. The van der Waals surface area contributed by atoms with Gasteiger partial charge in [-0.05, 0) is 18.2 Å². The fourth-order valence-corrected chi connectivity index (χ4v) is 1.92. The molecule has 2 heterocycles. The standard InChI is InChI=1S/C12H10N2O2/c1-16-9-3-2-8-6-11-12(15)13-4-5-14(11)10(8)7-9/h2-7H,1H3,(H,13,15). The van der Waals surface area contributed by atoms with Crippen molar-refractivity contribution in [2.75, 3.05) is 7.11 Å². The highest BCUT2D eigenvalue weighted by Crippen LogP contribution is 2.22. The predicted molar refractivity (Wildman–Crippen MR) is 62.1 cm³/mol. The van der Waals surface area contributed by atoms with Gasteiger partial charge in [-0.2, -0.15) is 0 Å². The van der Waals surface area contributed by atoms with Gasteiger partial charge in [-0.1, -0.05) is 0 Å². The number of hydrogen-bond donors (Lipinski definition) is 1. The van der Waals surface area contributed by atoms with Crippen LogP contribution >= 0.6 is 0 Å². The van der Waals surface area contributed by atoms with E-state index in [2.05, 4.69) is 4.98 Å². The first-order valence-corrected chi connectivity index (χ1v) is 4.96. The minimum Gasteiger partial charge on any atom is -0.497 e. The normalized spacial score (nSPS) is 11.1. The summed E-state index contributed by atoms with van der Waals surface area (Å²) in [6.45, 7) is 0. The molecule has 2 aromatic heterocycles. The van der Waals surface area contributed by atoms with Gasteiger partial charge < -0.3 is 14.1 Å². The van der Waals surface area contributed by atoms with Gasteiger partial charge in [0.05, 0.1) is 12.6 Å². The first kappa shape index (κ1) is 9.03. The molecular weight excluding hydrogens is 204 g/mol. The fourth-order valence-electron chi connectivity index (χ4n) is 1.92. The Morgan fingerprint density at radius 3 is 2.94 bits per heavy atom. The Kier molecular flexibility index (Phi) is 1.77. The second-order valence-electron chi connectivity index (χ2n) is 3.61. The van der Waals surface area contributed by atoms with Crippen LogP contribution in [0.3, 0.4) is 0 Å². The maximum absolute atomic E-state index is 11.6. The number of rotatable bonds is 1. The van der Waals surface area contributed by atoms with Crippen LogP contribution in [-0.2, 0) is 0 Å². The summed E-state index contributed by atoms with van der Waals surface area (Å²) in [6.07, 6.45) is 3.47. The smallest absolute Gasteiger partial charge is 0.272 e. The zero-order valence-corrected chi connectivity index (χ0v) is 8.73. The van der Waals surface area contributed by atoms with Crippen LogP contribution in [0.5, 0.6) is 5.75 Å². The molecule has 4 heteroatoms. The topological polar surface area (TPSA) is 46.5 Å². The number of aromatic nitrogens is 2. The maximum atomic E-state index is 11.6. The van der Waals surface area contributed by atoms with E-state index >= 15 is 0 Å². The monoisotopic (exact) mass is 214 g/mol. The van der Waals surface area contributed by atoms with Gasteiger partial charge in [0, 0.05) is 23.8 Å². The van der Waals surface area contributed by atoms with Crippen LogP contribution in [0.25, 0.3) is 16.4 Å². The number of fused-ring (bicyclic) bond motifs is 3. The molecular formula is C12H10N2O2. The minimum absolute atomic E-state index is 0.0855. The molecule has 0 aliphatic rings. The van der Waals surface area contributed by atoms with E-state index in [0.29, 0.717) is 5.52 Å². The summed E-state index contributed by atoms with van der Waals surface area (Å²) < 4.78 is 7.03. The molecule has 0 spiro atoms. The van der Waals surface area contributed by atoms with Crippen LogP contribution in [0.15, 0.2) is 41.5 Å². The molecule has 0 amide bonds. The zero-order valence-electron chi connectivity index (χ0n) is 8.73. The number of nitrogens with zero attached hydrogens (tertiary/aromatic N) is 1. The van der Waals surface area contributed by atoms with Crippen molar-refractivity contribution in [1.82, 2.24) is 9.38 Å². The highest BCUT2D eigenvalue weighted by atomic mass is 16.5. The Morgan fingerprint density at radius 1 is 1.25 bits per heavy atom. The molecule has 0 unspecified atom stereocenters. The average Bonchev–Trinajstić information content (AvgIpc) is 2.68. The van der Waals surface area contributed by atoms with E-state index in [4.69, 9.17) is 4.74 Å². The van der Waals surface area contributed by atoms with Crippen molar-refractivity contribution in [3.8, 4) is 5.75 Å². The molecule has 16 heavy (non-hydrogen) atoms. The van der Waals surface area contributed by atoms with Crippen molar-refractivity contribution in [2.45, 2.75) is 0 Å². The van der Waals surface area contributed by atoms with E-state index < -0.39 is 0 Å². The summed E-state index contributed by atoms with van der Waals surface area (Å²) in [5, 5.41) is 1.03. The number of aromatic amines is 1. The van der Waals surface area contributed by atoms with Crippen molar-refractivity contribution in [1.29, 1.82) is 0 Å². The van der Waals surface area contributed by atoms with Gasteiger partial charge >= 0.3 is 0 Å². The first-order chi connectivity index (χ1) is 7.79. The summed E-state index contributed by atoms with van der Waals surface area (Å²) in [7, 11) is 1.63. The molecule has 0 aliphatic carbocycles. The second kappa shape index (κ2) is 3.13. The van der Waals surface area contributed by atoms with Gasteiger partial charge in [-0.15, -0.1) is 0 Å². The summed E-state index contributed by atoms with van der Waals surface area (Å²) >= 11 is 0. The molecule has 0 bridgehead atoms. The van der Waals surface area contributed by atoms with E-state index in [-0.39, 0.29) is 5.56 Å². The Bertz CT molecular complexity index is 725. The number of nitrogens with one attached hydrogen (secondary N) is 1. The molecule has 0 radical (unpaired) electrons. The number of H-pyrrole nitrogens is 1. The number of benzene rings is 1. The van der Waals surface area contributed by atoms with Crippen LogP contribution in [-0.4, -0.2) is 16.5 Å². The molecule has 4 nitrogen and oxygen atoms in total. The van der Waals surface area contributed by atoms with E-state index in [1.807, 2.05) is 34.9 Å². The van der Waals surface area contributed by atoms with Gasteiger partial charge in [0.15, 0.2) is 0 Å². The minimum atomic E-state index is -0.0855. The highest BCUT2D eigenvalue weighted by Gasteiger charge is 2.05. The van der Waals surface area contributed by atoms with Crippen LogP contribution in [0.4, 0.5) is 0 Å². The summed E-state index contributed by atoms with van der Waals surface area (Å²) in [5.41, 5.74) is 1.53. The van der Waals surface area contributed by atoms with Gasteiger partial charge in [-0.3, -0.25) is 4.79 Å². The van der Waals surface area contributed by atoms with E-state index in [0.717, 1.165) is 16.7 Å². The van der Waals surface area contributed by atoms with Crippen LogP contribution in [0.2, 0.25) is 0 Å². The SMILES string of the molecule is COc1ccc2cc3c(=O)[nH]ccn3c2c1. The molecule has 0 fully saturated rings. The quantitative estimate of drug-likeness (QED) is 0.671. The molecule has 0 aliphatic heterocycles. The Morgan fingerprint density at radius 2 is 2.12 bits per heavy atom. The lowest BCUT2D eigenvalue weighted by Crippen LogP contribution is -2.06. The van der Waals surface area contributed by atoms with Crippen LogP contribution in [0.1, 0.15) is 0 Å². The third-order valence-electron chi connectivity index (χ3n) is 2.72. The van der Waals surface area contributed by atoms with Crippen molar-refractivity contribution in [2.24, 2.45) is 0 Å². The van der Waals surface area contributed by atoms with Crippen LogP contribution in [0, 0.1) is 0 Å². The lowest BCUT2D eigenvalue weighted by molar-refractivity contribution is 0.415. The van der Waals surface area contributed by atoms with Crippen molar-refractivity contribution in [3.63, 3.8) is 0 Å². The van der Waals surface area contributed by atoms with Crippen molar-refractivity contribution in [3.05, 3.63) is 47.0 Å². The predicted octanol–water partition coefficient (Wildman–Crippen LogP) is 1.79. The molecule has 80 valence electrons. The molecule has 0 saturated heterocycles. The molecule has 1 aromatic carbocycles. The largest absolute Gasteiger partial charge is 0.497 e. The third kappa shape index (κ3) is 1.13. The lowest BCUT2D eigenvalue weighted by atomic mass is 10.2. The lowest BCUT2D eigenvalue weighted by Gasteiger charge is -2.00. The number of ether oxygens (including phenoxy) is 1. The fraction of sp³-hybridized carbons (Fsp3) is 0.0833. The van der Waals surface area contributed by atoms with Gasteiger partial charge in [0.1, 0.15) is 11.3 Å². The second-order valence-corrected chi connectivity index (χ2v) is 3.61. The van der Waals surface area contributed by atoms with Crippen LogP contribution < -0.4 is 10.3 Å². The molecule has 3 aromatic rings. The zero-order chi connectivity index (χ0) is 11.1. The molecule has 0 saturated carbocycles. The van der Waals surface area contributed by atoms with E-state index in [9.17, 15) is 4.79 Å². The Labute approximate surface area is 91.1 Å². The van der Waals surface area contributed by atoms with Gasteiger partial charge in [0.25, 0.3) is 5.56 Å². The first-order valence-electron chi connectivity index (χ1n) is 4.96. The van der Waals surface area contributed by atoms with Gasteiger partial charge in [-0.25, -0.2) is 0 Å². The van der Waals surface area contributed by atoms with E-state index in [1.54, 1.807) is 13.3 Å². The molecule has 1 N–H and O–H groups in total. The number of hydrogen-bond acceptors (Lipinski definition) is 2.